The van der Waals surface area contributed by atoms with Gasteiger partial charge in [-0.05, 0) is 12.8 Å². The number of rotatable bonds is 4. The van der Waals surface area contributed by atoms with Gasteiger partial charge in [0.2, 0.25) is 0 Å². The molecule has 1 N–H and O–H groups in total. The summed E-state index contributed by atoms with van der Waals surface area (Å²) in [5, 5.41) is 10.0. The molecule has 5 nitrogen and oxygen atoms in total. The topological polar surface area (TPSA) is 62.7 Å². The van der Waals surface area contributed by atoms with Crippen LogP contribution in [-0.2, 0) is 11.2 Å². The van der Waals surface area contributed by atoms with Crippen LogP contribution >= 0.6 is 11.3 Å². The summed E-state index contributed by atoms with van der Waals surface area (Å²) >= 11 is 1.28. The summed E-state index contributed by atoms with van der Waals surface area (Å²) < 4.78 is 5.40. The quantitative estimate of drug-likeness (QED) is 0.907. The molecule has 1 aromatic heterocycles. The maximum Gasteiger partial charge on any atom is 0.347 e. The van der Waals surface area contributed by atoms with E-state index >= 15 is 0 Å². The minimum atomic E-state index is -0.867. The van der Waals surface area contributed by atoms with Gasteiger partial charge in [-0.25, -0.2) is 9.78 Å². The number of carboxylic acid groups (broad SMARTS) is 1. The van der Waals surface area contributed by atoms with Crippen LogP contribution in [0, 0.1) is 0 Å². The zero-order chi connectivity index (χ0) is 13.0. The van der Waals surface area contributed by atoms with Crippen molar-refractivity contribution < 1.29 is 14.6 Å². The normalized spacial score (nSPS) is 16.6. The van der Waals surface area contributed by atoms with Gasteiger partial charge in [-0.3, -0.25) is 0 Å². The number of thiazole rings is 1. The van der Waals surface area contributed by atoms with E-state index in [4.69, 9.17) is 4.74 Å². The van der Waals surface area contributed by atoms with Crippen LogP contribution in [0.1, 0.15) is 35.1 Å². The molecule has 1 fully saturated rings. The van der Waals surface area contributed by atoms with Gasteiger partial charge in [-0.1, -0.05) is 24.7 Å². The van der Waals surface area contributed by atoms with Gasteiger partial charge in [0.15, 0.2) is 5.13 Å². The van der Waals surface area contributed by atoms with Gasteiger partial charge in [0.1, 0.15) is 4.88 Å². The summed E-state index contributed by atoms with van der Waals surface area (Å²) in [4.78, 5) is 18.2. The summed E-state index contributed by atoms with van der Waals surface area (Å²) in [7, 11) is 0. The number of aromatic nitrogens is 1. The van der Waals surface area contributed by atoms with Crippen LogP contribution in [0.5, 0.6) is 0 Å². The monoisotopic (exact) mass is 270 g/mol. The number of aryl methyl sites for hydroxylation is 1. The van der Waals surface area contributed by atoms with Crippen molar-refractivity contribution in [1.29, 1.82) is 0 Å². The smallest absolute Gasteiger partial charge is 0.347 e. The molecule has 1 aliphatic heterocycles. The Labute approximate surface area is 110 Å². The number of nitrogens with zero attached hydrogens (tertiary/aromatic N) is 2. The predicted molar refractivity (Wildman–Crippen MR) is 70.7 cm³/mol. The van der Waals surface area contributed by atoms with Crippen LogP contribution in [0.25, 0.3) is 0 Å². The summed E-state index contributed by atoms with van der Waals surface area (Å²) in [5.41, 5.74) is 0.718. The second kappa shape index (κ2) is 6.15. The molecular weight excluding hydrogens is 252 g/mol. The molecule has 1 aromatic rings. The summed E-state index contributed by atoms with van der Waals surface area (Å²) in [5.74, 6) is -0.867. The van der Waals surface area contributed by atoms with Gasteiger partial charge in [0.25, 0.3) is 0 Å². The van der Waals surface area contributed by atoms with Crippen molar-refractivity contribution in [1.82, 2.24) is 4.98 Å². The van der Waals surface area contributed by atoms with Crippen LogP contribution in [-0.4, -0.2) is 42.4 Å². The highest BCUT2D eigenvalue weighted by Crippen LogP contribution is 2.28. The molecule has 18 heavy (non-hydrogen) atoms. The summed E-state index contributed by atoms with van der Waals surface area (Å²) in [6.07, 6.45) is 2.60. The van der Waals surface area contributed by atoms with Crippen LogP contribution in [0.2, 0.25) is 0 Å². The standard InChI is InChI=1S/C12H18N2O3S/c1-2-4-9-10(11(15)16)18-12(13-9)14-5-3-7-17-8-6-14/h2-8H2,1H3,(H,15,16). The van der Waals surface area contributed by atoms with E-state index in [1.807, 2.05) is 6.92 Å². The molecular formula is C12H18N2O3S. The van der Waals surface area contributed by atoms with Crippen molar-refractivity contribution in [2.75, 3.05) is 31.2 Å². The molecule has 0 bridgehead atoms. The van der Waals surface area contributed by atoms with E-state index in [-0.39, 0.29) is 0 Å². The Morgan fingerprint density at radius 1 is 1.50 bits per heavy atom. The largest absolute Gasteiger partial charge is 0.477 e. The third kappa shape index (κ3) is 3.00. The molecule has 1 saturated heterocycles. The van der Waals surface area contributed by atoms with Crippen LogP contribution in [0.4, 0.5) is 5.13 Å². The number of anilines is 1. The Bertz CT molecular complexity index is 411. The van der Waals surface area contributed by atoms with Crippen molar-refractivity contribution in [2.24, 2.45) is 0 Å². The van der Waals surface area contributed by atoms with Gasteiger partial charge in [-0.15, -0.1) is 0 Å². The average molecular weight is 270 g/mol. The number of ether oxygens (including phenoxy) is 1. The van der Waals surface area contributed by atoms with Gasteiger partial charge < -0.3 is 14.7 Å². The average Bonchev–Trinajstić information content (AvgIpc) is 2.59. The highest BCUT2D eigenvalue weighted by molar-refractivity contribution is 7.17. The molecule has 1 aliphatic rings. The van der Waals surface area contributed by atoms with Gasteiger partial charge in [0, 0.05) is 19.7 Å². The highest BCUT2D eigenvalue weighted by atomic mass is 32.1. The van der Waals surface area contributed by atoms with Crippen molar-refractivity contribution >= 4 is 22.4 Å². The second-order valence-electron chi connectivity index (χ2n) is 4.28. The van der Waals surface area contributed by atoms with E-state index < -0.39 is 5.97 Å². The lowest BCUT2D eigenvalue weighted by Crippen LogP contribution is -2.25. The van der Waals surface area contributed by atoms with Crippen molar-refractivity contribution in [3.63, 3.8) is 0 Å². The minimum absolute atomic E-state index is 0.386. The Hall–Kier alpha value is -1.14. The summed E-state index contributed by atoms with van der Waals surface area (Å²) in [6.45, 7) is 5.17. The van der Waals surface area contributed by atoms with Crippen LogP contribution < -0.4 is 4.90 Å². The summed E-state index contributed by atoms with van der Waals surface area (Å²) in [6, 6.07) is 0. The maximum atomic E-state index is 11.2. The van der Waals surface area contributed by atoms with Crippen molar-refractivity contribution in [3.8, 4) is 0 Å². The molecule has 0 radical (unpaired) electrons. The van der Waals surface area contributed by atoms with E-state index in [1.54, 1.807) is 0 Å². The second-order valence-corrected chi connectivity index (χ2v) is 5.26. The third-order valence-corrected chi connectivity index (χ3v) is 4.01. The van der Waals surface area contributed by atoms with Gasteiger partial charge in [0.05, 0.1) is 12.3 Å². The van der Waals surface area contributed by atoms with E-state index in [1.165, 1.54) is 11.3 Å². The fourth-order valence-electron chi connectivity index (χ4n) is 1.99. The molecule has 6 heteroatoms. The molecule has 0 aliphatic carbocycles. The molecule has 0 atom stereocenters. The first-order valence-corrected chi connectivity index (χ1v) is 7.09. The van der Waals surface area contributed by atoms with Crippen molar-refractivity contribution in [2.45, 2.75) is 26.2 Å². The Morgan fingerprint density at radius 3 is 3.06 bits per heavy atom. The van der Waals surface area contributed by atoms with E-state index in [2.05, 4.69) is 9.88 Å². The number of carboxylic acids is 1. The molecule has 2 heterocycles. The zero-order valence-corrected chi connectivity index (χ0v) is 11.3. The van der Waals surface area contributed by atoms with Crippen LogP contribution in [0.3, 0.4) is 0 Å². The first-order valence-electron chi connectivity index (χ1n) is 6.28. The van der Waals surface area contributed by atoms with Gasteiger partial charge in [-0.2, -0.15) is 0 Å². The zero-order valence-electron chi connectivity index (χ0n) is 10.5. The molecule has 2 rings (SSSR count). The van der Waals surface area contributed by atoms with E-state index in [0.717, 1.165) is 49.8 Å². The fraction of sp³-hybridized carbons (Fsp3) is 0.667. The van der Waals surface area contributed by atoms with Crippen LogP contribution in [0.15, 0.2) is 0 Å². The first kappa shape index (κ1) is 13.3. The Balaban J connectivity index is 2.21. The third-order valence-electron chi connectivity index (χ3n) is 2.86. The minimum Gasteiger partial charge on any atom is -0.477 e. The lowest BCUT2D eigenvalue weighted by molar-refractivity contribution is 0.0700. The molecule has 0 saturated carbocycles. The number of hydrogen-bond acceptors (Lipinski definition) is 5. The lowest BCUT2D eigenvalue weighted by atomic mass is 10.2. The molecule has 100 valence electrons. The van der Waals surface area contributed by atoms with Gasteiger partial charge >= 0.3 is 5.97 Å². The maximum absolute atomic E-state index is 11.2. The molecule has 0 aromatic carbocycles. The number of aromatic carboxylic acids is 1. The number of hydrogen-bond donors (Lipinski definition) is 1. The van der Waals surface area contributed by atoms with E-state index in [9.17, 15) is 9.90 Å². The number of carbonyl (C=O) groups is 1. The lowest BCUT2D eigenvalue weighted by Gasteiger charge is -2.17. The predicted octanol–water partition coefficient (Wildman–Crippen LogP) is 2.02. The molecule has 0 amide bonds. The molecule has 0 spiro atoms. The fourth-order valence-corrected chi connectivity index (χ4v) is 2.99. The highest BCUT2D eigenvalue weighted by Gasteiger charge is 2.20. The van der Waals surface area contributed by atoms with E-state index in [0.29, 0.717) is 11.5 Å². The molecule has 0 unspecified atom stereocenters. The Morgan fingerprint density at radius 2 is 2.33 bits per heavy atom. The van der Waals surface area contributed by atoms with Crippen molar-refractivity contribution in [3.05, 3.63) is 10.6 Å². The first-order chi connectivity index (χ1) is 8.72. The SMILES string of the molecule is CCCc1nc(N2CCCOCC2)sc1C(=O)O. The Kier molecular flexibility index (Phi) is 4.54.